The molecule has 0 spiro atoms. The molecule has 0 aromatic carbocycles. The molecule has 0 aromatic rings. The van der Waals surface area contributed by atoms with Crippen LogP contribution in [0.15, 0.2) is 0 Å². The van der Waals surface area contributed by atoms with Crippen LogP contribution in [-0.2, 0) is 4.79 Å². The molecular formula is C10H22N2O. The zero-order chi connectivity index (χ0) is 10.6. The molecule has 0 radical (unpaired) electrons. The van der Waals surface area contributed by atoms with Crippen molar-refractivity contribution in [2.24, 2.45) is 11.7 Å². The zero-order valence-electron chi connectivity index (χ0n) is 9.37. The maximum atomic E-state index is 11.6. The average molecular weight is 186 g/mol. The van der Waals surface area contributed by atoms with Crippen molar-refractivity contribution in [2.45, 2.75) is 46.2 Å². The third kappa shape index (κ3) is 4.27. The van der Waals surface area contributed by atoms with E-state index < -0.39 is 0 Å². The highest BCUT2D eigenvalue weighted by Gasteiger charge is 2.20. The molecule has 13 heavy (non-hydrogen) atoms. The number of carbonyl (C=O) groups excluding carboxylic acids is 1. The third-order valence-corrected chi connectivity index (χ3v) is 2.16. The predicted molar refractivity (Wildman–Crippen MR) is 55.3 cm³/mol. The number of likely N-dealkylation sites (N-methyl/N-ethyl adjacent to an activating group) is 1. The summed E-state index contributed by atoms with van der Waals surface area (Å²) in [6, 6.07) is -0.113. The Morgan fingerprint density at radius 2 is 1.77 bits per heavy atom. The van der Waals surface area contributed by atoms with E-state index in [-0.39, 0.29) is 18.0 Å². The van der Waals surface area contributed by atoms with Crippen molar-refractivity contribution in [1.82, 2.24) is 4.90 Å². The van der Waals surface area contributed by atoms with Gasteiger partial charge in [0.25, 0.3) is 0 Å². The number of amides is 1. The molecule has 0 fully saturated rings. The van der Waals surface area contributed by atoms with Crippen LogP contribution in [0.3, 0.4) is 0 Å². The van der Waals surface area contributed by atoms with Gasteiger partial charge in [-0.25, -0.2) is 0 Å². The standard InChI is InChI=1S/C10H22N2O/c1-7(2)6-9(11)10(13)12(5)8(3)4/h7-9H,6,11H2,1-5H3/t9-/m1/s1. The van der Waals surface area contributed by atoms with Gasteiger partial charge in [-0.15, -0.1) is 0 Å². The van der Waals surface area contributed by atoms with E-state index >= 15 is 0 Å². The summed E-state index contributed by atoms with van der Waals surface area (Å²) in [5.41, 5.74) is 5.77. The van der Waals surface area contributed by atoms with Gasteiger partial charge in [0.15, 0.2) is 0 Å². The molecule has 0 bridgehead atoms. The van der Waals surface area contributed by atoms with Gasteiger partial charge in [0.05, 0.1) is 6.04 Å². The second kappa shape index (κ2) is 5.22. The number of hydrogen-bond donors (Lipinski definition) is 1. The van der Waals surface area contributed by atoms with Crippen LogP contribution in [0.1, 0.15) is 34.1 Å². The average Bonchev–Trinajstić information content (AvgIpc) is 2.00. The van der Waals surface area contributed by atoms with Gasteiger partial charge in [-0.1, -0.05) is 13.8 Å². The largest absolute Gasteiger partial charge is 0.342 e. The van der Waals surface area contributed by atoms with Crippen molar-refractivity contribution in [2.75, 3.05) is 7.05 Å². The fourth-order valence-electron chi connectivity index (χ4n) is 1.12. The lowest BCUT2D eigenvalue weighted by atomic mass is 10.0. The van der Waals surface area contributed by atoms with Crippen LogP contribution in [0.4, 0.5) is 0 Å². The van der Waals surface area contributed by atoms with E-state index in [0.717, 1.165) is 6.42 Å². The molecule has 1 atom stereocenters. The quantitative estimate of drug-likeness (QED) is 0.717. The van der Waals surface area contributed by atoms with Gasteiger partial charge in [-0.05, 0) is 26.2 Å². The first-order valence-corrected chi connectivity index (χ1v) is 4.88. The Kier molecular flexibility index (Phi) is 4.99. The molecule has 3 heteroatoms. The number of nitrogens with two attached hydrogens (primary N) is 1. The zero-order valence-corrected chi connectivity index (χ0v) is 9.37. The first-order valence-electron chi connectivity index (χ1n) is 4.88. The van der Waals surface area contributed by atoms with Crippen LogP contribution in [-0.4, -0.2) is 29.9 Å². The molecule has 1 amide bonds. The van der Waals surface area contributed by atoms with E-state index in [1.165, 1.54) is 0 Å². The first-order chi connectivity index (χ1) is 5.86. The monoisotopic (exact) mass is 186 g/mol. The van der Waals surface area contributed by atoms with Gasteiger partial charge in [0.2, 0.25) is 5.91 Å². The molecule has 0 aliphatic carbocycles. The second-order valence-electron chi connectivity index (χ2n) is 4.28. The van der Waals surface area contributed by atoms with E-state index in [4.69, 9.17) is 5.73 Å². The Balaban J connectivity index is 4.09. The Bertz CT molecular complexity index is 166. The van der Waals surface area contributed by atoms with Crippen molar-refractivity contribution in [3.63, 3.8) is 0 Å². The maximum Gasteiger partial charge on any atom is 0.239 e. The van der Waals surface area contributed by atoms with E-state index in [9.17, 15) is 4.79 Å². The van der Waals surface area contributed by atoms with Crippen LogP contribution in [0.5, 0.6) is 0 Å². The molecule has 0 saturated carbocycles. The highest BCUT2D eigenvalue weighted by molar-refractivity contribution is 5.81. The van der Waals surface area contributed by atoms with Crippen LogP contribution < -0.4 is 5.73 Å². The maximum absolute atomic E-state index is 11.6. The van der Waals surface area contributed by atoms with Crippen LogP contribution in [0.25, 0.3) is 0 Å². The topological polar surface area (TPSA) is 46.3 Å². The summed E-state index contributed by atoms with van der Waals surface area (Å²) in [5.74, 6) is 0.517. The minimum absolute atomic E-state index is 0.0451. The van der Waals surface area contributed by atoms with E-state index in [0.29, 0.717) is 5.92 Å². The minimum atomic E-state index is -0.340. The third-order valence-electron chi connectivity index (χ3n) is 2.16. The van der Waals surface area contributed by atoms with Gasteiger partial charge < -0.3 is 10.6 Å². The van der Waals surface area contributed by atoms with Crippen molar-refractivity contribution in [3.8, 4) is 0 Å². The summed E-state index contributed by atoms with van der Waals surface area (Å²) in [7, 11) is 1.80. The van der Waals surface area contributed by atoms with E-state index in [1.54, 1.807) is 11.9 Å². The SMILES string of the molecule is CC(C)C[C@@H](N)C(=O)N(C)C(C)C. The normalized spacial score (nSPS) is 13.5. The summed E-state index contributed by atoms with van der Waals surface area (Å²) in [6.07, 6.45) is 0.760. The molecule has 3 nitrogen and oxygen atoms in total. The van der Waals surface area contributed by atoms with Gasteiger partial charge in [0, 0.05) is 13.1 Å². The van der Waals surface area contributed by atoms with Crippen LogP contribution in [0.2, 0.25) is 0 Å². The molecule has 0 aliphatic rings. The van der Waals surface area contributed by atoms with Crippen molar-refractivity contribution < 1.29 is 4.79 Å². The lowest BCUT2D eigenvalue weighted by Gasteiger charge is -2.25. The summed E-state index contributed by atoms with van der Waals surface area (Å²) in [6.45, 7) is 8.12. The lowest BCUT2D eigenvalue weighted by molar-refractivity contribution is -0.133. The smallest absolute Gasteiger partial charge is 0.239 e. The second-order valence-corrected chi connectivity index (χ2v) is 4.28. The number of carbonyl (C=O) groups is 1. The molecular weight excluding hydrogens is 164 g/mol. The molecule has 0 aromatic heterocycles. The van der Waals surface area contributed by atoms with E-state index in [2.05, 4.69) is 13.8 Å². The lowest BCUT2D eigenvalue weighted by Crippen LogP contribution is -2.45. The molecule has 0 rings (SSSR count). The minimum Gasteiger partial charge on any atom is -0.342 e. The van der Waals surface area contributed by atoms with Crippen molar-refractivity contribution in [3.05, 3.63) is 0 Å². The fraction of sp³-hybridized carbons (Fsp3) is 0.900. The highest BCUT2D eigenvalue weighted by atomic mass is 16.2. The number of hydrogen-bond acceptors (Lipinski definition) is 2. The molecule has 0 saturated heterocycles. The molecule has 0 aliphatic heterocycles. The Morgan fingerprint density at radius 1 is 1.31 bits per heavy atom. The molecule has 0 unspecified atom stereocenters. The summed E-state index contributed by atoms with van der Waals surface area (Å²) >= 11 is 0. The Hall–Kier alpha value is -0.570. The Labute approximate surface area is 81.3 Å². The first kappa shape index (κ1) is 12.4. The van der Waals surface area contributed by atoms with Gasteiger partial charge in [0.1, 0.15) is 0 Å². The number of nitrogens with zero attached hydrogens (tertiary/aromatic N) is 1. The molecule has 0 heterocycles. The molecule has 2 N–H and O–H groups in total. The van der Waals surface area contributed by atoms with Crippen LogP contribution in [0, 0.1) is 5.92 Å². The summed E-state index contributed by atoms with van der Waals surface area (Å²) in [5, 5.41) is 0. The van der Waals surface area contributed by atoms with Gasteiger partial charge in [-0.2, -0.15) is 0 Å². The van der Waals surface area contributed by atoms with Crippen LogP contribution >= 0.6 is 0 Å². The molecule has 78 valence electrons. The van der Waals surface area contributed by atoms with Gasteiger partial charge in [-0.3, -0.25) is 4.79 Å². The van der Waals surface area contributed by atoms with Crippen molar-refractivity contribution in [1.29, 1.82) is 0 Å². The van der Waals surface area contributed by atoms with E-state index in [1.807, 2.05) is 13.8 Å². The summed E-state index contributed by atoms with van der Waals surface area (Å²) in [4.78, 5) is 13.3. The van der Waals surface area contributed by atoms with Crippen molar-refractivity contribution >= 4 is 5.91 Å². The fourth-order valence-corrected chi connectivity index (χ4v) is 1.12. The predicted octanol–water partition coefficient (Wildman–Crippen LogP) is 1.23. The Morgan fingerprint density at radius 3 is 2.08 bits per heavy atom. The highest BCUT2D eigenvalue weighted by Crippen LogP contribution is 2.06. The summed E-state index contributed by atoms with van der Waals surface area (Å²) < 4.78 is 0. The van der Waals surface area contributed by atoms with Gasteiger partial charge >= 0.3 is 0 Å². The number of rotatable bonds is 4.